The molecule has 0 spiro atoms. The van der Waals surface area contributed by atoms with E-state index < -0.39 is 11.2 Å². The maximum atomic E-state index is 12.4. The van der Waals surface area contributed by atoms with E-state index in [1.165, 1.54) is 11.6 Å². The van der Waals surface area contributed by atoms with Gasteiger partial charge in [0.1, 0.15) is 0 Å². The minimum atomic E-state index is -0.558. The SMILES string of the molecule is CCOC(=O)CSc1nc2c(c(=O)[nH]c(=O)n2C)n1Cc1ccccc1Cl. The summed E-state index contributed by atoms with van der Waals surface area (Å²) in [5.41, 5.74) is 0.155. The molecule has 0 atom stereocenters. The fourth-order valence-electron chi connectivity index (χ4n) is 2.59. The van der Waals surface area contributed by atoms with Gasteiger partial charge in [0.05, 0.1) is 18.9 Å². The number of fused-ring (bicyclic) bond motifs is 1. The Balaban J connectivity index is 2.12. The molecule has 0 saturated heterocycles. The number of imidazole rings is 1. The summed E-state index contributed by atoms with van der Waals surface area (Å²) in [5, 5.41) is 0.964. The molecule has 0 bridgehead atoms. The van der Waals surface area contributed by atoms with Crippen LogP contribution in [-0.2, 0) is 23.1 Å². The zero-order valence-corrected chi connectivity index (χ0v) is 16.3. The number of carbonyl (C=O) groups is 1. The summed E-state index contributed by atoms with van der Waals surface area (Å²) in [6.45, 7) is 2.27. The van der Waals surface area contributed by atoms with Gasteiger partial charge in [-0.3, -0.25) is 19.1 Å². The van der Waals surface area contributed by atoms with Crippen LogP contribution in [0.15, 0.2) is 39.0 Å². The number of halogens is 1. The molecule has 3 rings (SSSR count). The number of hydrogen-bond acceptors (Lipinski definition) is 6. The zero-order valence-electron chi connectivity index (χ0n) is 14.7. The van der Waals surface area contributed by atoms with Crippen molar-refractivity contribution in [3.8, 4) is 0 Å². The summed E-state index contributed by atoms with van der Waals surface area (Å²) in [4.78, 5) is 42.7. The normalized spacial score (nSPS) is 11.1. The number of benzene rings is 1. The predicted molar refractivity (Wildman–Crippen MR) is 104 cm³/mol. The molecular weight excluding hydrogens is 392 g/mol. The topological polar surface area (TPSA) is 99.0 Å². The molecule has 142 valence electrons. The van der Waals surface area contributed by atoms with E-state index in [-0.39, 0.29) is 36.0 Å². The molecule has 2 heterocycles. The second-order valence-corrected chi connectivity index (χ2v) is 7.01. The molecule has 0 radical (unpaired) electrons. The van der Waals surface area contributed by atoms with Gasteiger partial charge in [0.2, 0.25) is 0 Å². The fourth-order valence-corrected chi connectivity index (χ4v) is 3.58. The van der Waals surface area contributed by atoms with E-state index in [2.05, 4.69) is 9.97 Å². The molecule has 0 fully saturated rings. The van der Waals surface area contributed by atoms with Crippen LogP contribution >= 0.6 is 23.4 Å². The van der Waals surface area contributed by atoms with E-state index in [9.17, 15) is 14.4 Å². The number of nitrogens with one attached hydrogen (secondary N) is 1. The minimum absolute atomic E-state index is 0.0333. The summed E-state index contributed by atoms with van der Waals surface area (Å²) >= 11 is 7.39. The Labute approximate surface area is 163 Å². The number of aryl methyl sites for hydroxylation is 1. The maximum Gasteiger partial charge on any atom is 0.329 e. The highest BCUT2D eigenvalue weighted by Crippen LogP contribution is 2.25. The summed E-state index contributed by atoms with van der Waals surface area (Å²) in [6, 6.07) is 7.24. The number of carbonyl (C=O) groups excluding carboxylic acids is 1. The number of ether oxygens (including phenoxy) is 1. The Morgan fingerprint density at radius 3 is 2.78 bits per heavy atom. The van der Waals surface area contributed by atoms with Crippen LogP contribution in [0.2, 0.25) is 5.02 Å². The fraction of sp³-hybridized carbons (Fsp3) is 0.294. The lowest BCUT2D eigenvalue weighted by Gasteiger charge is -2.10. The van der Waals surface area contributed by atoms with Crippen LogP contribution < -0.4 is 11.2 Å². The quantitative estimate of drug-likeness (QED) is 0.493. The van der Waals surface area contributed by atoms with Gasteiger partial charge in [0, 0.05) is 12.1 Å². The Hall–Kier alpha value is -2.52. The van der Waals surface area contributed by atoms with E-state index in [4.69, 9.17) is 16.3 Å². The van der Waals surface area contributed by atoms with E-state index in [0.717, 1.165) is 17.3 Å². The highest BCUT2D eigenvalue weighted by Gasteiger charge is 2.19. The number of hydrogen-bond donors (Lipinski definition) is 1. The smallest absolute Gasteiger partial charge is 0.329 e. The first-order valence-electron chi connectivity index (χ1n) is 8.13. The molecule has 1 N–H and O–H groups in total. The summed E-state index contributed by atoms with van der Waals surface area (Å²) < 4.78 is 7.85. The second-order valence-electron chi connectivity index (χ2n) is 5.66. The first-order valence-corrected chi connectivity index (χ1v) is 9.50. The number of H-pyrrole nitrogens is 1. The number of esters is 1. The molecule has 3 aromatic rings. The average Bonchev–Trinajstić information content (AvgIpc) is 2.99. The third-order valence-corrected chi connectivity index (χ3v) is 5.20. The highest BCUT2D eigenvalue weighted by atomic mass is 35.5. The first-order chi connectivity index (χ1) is 12.9. The molecule has 0 aliphatic heterocycles. The lowest BCUT2D eigenvalue weighted by atomic mass is 10.2. The van der Waals surface area contributed by atoms with Gasteiger partial charge in [-0.05, 0) is 18.6 Å². The summed E-state index contributed by atoms with van der Waals surface area (Å²) in [7, 11) is 1.52. The monoisotopic (exact) mass is 408 g/mol. The Kier molecular flexibility index (Phi) is 5.71. The summed E-state index contributed by atoms with van der Waals surface area (Å²) in [5.74, 6) is -0.354. The molecule has 0 aliphatic rings. The highest BCUT2D eigenvalue weighted by molar-refractivity contribution is 7.99. The zero-order chi connectivity index (χ0) is 19.6. The van der Waals surface area contributed by atoms with Gasteiger partial charge in [-0.15, -0.1) is 0 Å². The Morgan fingerprint density at radius 2 is 2.07 bits per heavy atom. The molecule has 1 aromatic carbocycles. The van der Waals surface area contributed by atoms with Crippen molar-refractivity contribution >= 4 is 40.5 Å². The van der Waals surface area contributed by atoms with Crippen molar-refractivity contribution in [3.63, 3.8) is 0 Å². The van der Waals surface area contributed by atoms with Crippen molar-refractivity contribution in [2.45, 2.75) is 18.6 Å². The van der Waals surface area contributed by atoms with Crippen LogP contribution in [0.1, 0.15) is 12.5 Å². The molecule has 8 nitrogen and oxygen atoms in total. The third kappa shape index (κ3) is 3.93. The minimum Gasteiger partial charge on any atom is -0.465 e. The van der Waals surface area contributed by atoms with Crippen molar-refractivity contribution < 1.29 is 9.53 Å². The van der Waals surface area contributed by atoms with Crippen LogP contribution in [0, 0.1) is 0 Å². The Bertz CT molecular complexity index is 1120. The predicted octanol–water partition coefficient (Wildman–Crippen LogP) is 1.78. The molecule has 2 aromatic heterocycles. The third-order valence-electron chi connectivity index (χ3n) is 3.88. The maximum absolute atomic E-state index is 12.4. The van der Waals surface area contributed by atoms with Gasteiger partial charge in [-0.2, -0.15) is 0 Å². The lowest BCUT2D eigenvalue weighted by Crippen LogP contribution is -2.29. The van der Waals surface area contributed by atoms with E-state index in [1.807, 2.05) is 18.2 Å². The van der Waals surface area contributed by atoms with Crippen LogP contribution in [0.4, 0.5) is 0 Å². The van der Waals surface area contributed by atoms with Crippen molar-refractivity contribution in [1.82, 2.24) is 19.1 Å². The van der Waals surface area contributed by atoms with Gasteiger partial charge >= 0.3 is 11.7 Å². The van der Waals surface area contributed by atoms with Crippen LogP contribution in [0.25, 0.3) is 11.2 Å². The largest absolute Gasteiger partial charge is 0.465 e. The second kappa shape index (κ2) is 8.01. The van der Waals surface area contributed by atoms with Crippen LogP contribution in [0.3, 0.4) is 0 Å². The van der Waals surface area contributed by atoms with Crippen LogP contribution in [0.5, 0.6) is 0 Å². The molecule has 27 heavy (non-hydrogen) atoms. The van der Waals surface area contributed by atoms with Gasteiger partial charge in [-0.1, -0.05) is 41.6 Å². The molecule has 10 heteroatoms. The van der Waals surface area contributed by atoms with Crippen molar-refractivity contribution in [1.29, 1.82) is 0 Å². The standard InChI is InChI=1S/C17H17ClN4O4S/c1-3-26-12(23)9-27-17-19-14-13(15(24)20-16(25)21(14)2)22(17)8-10-6-4-5-7-11(10)18/h4-7H,3,8-9H2,1-2H3,(H,20,24,25). The molecule has 0 saturated carbocycles. The Morgan fingerprint density at radius 1 is 1.33 bits per heavy atom. The van der Waals surface area contributed by atoms with Gasteiger partial charge in [0.15, 0.2) is 16.3 Å². The number of aromatic nitrogens is 4. The van der Waals surface area contributed by atoms with E-state index in [1.54, 1.807) is 17.6 Å². The number of rotatable bonds is 6. The van der Waals surface area contributed by atoms with Gasteiger partial charge in [-0.25, -0.2) is 9.78 Å². The molecule has 0 unspecified atom stereocenters. The van der Waals surface area contributed by atoms with Gasteiger partial charge in [0.25, 0.3) is 5.56 Å². The van der Waals surface area contributed by atoms with Crippen molar-refractivity contribution in [2.24, 2.45) is 7.05 Å². The molecule has 0 aliphatic carbocycles. The molecule has 0 amide bonds. The lowest BCUT2D eigenvalue weighted by molar-refractivity contribution is -0.139. The van der Waals surface area contributed by atoms with E-state index >= 15 is 0 Å². The summed E-state index contributed by atoms with van der Waals surface area (Å²) in [6.07, 6.45) is 0. The van der Waals surface area contributed by atoms with Crippen LogP contribution in [-0.4, -0.2) is 37.4 Å². The first kappa shape index (κ1) is 19.2. The van der Waals surface area contributed by atoms with Crippen molar-refractivity contribution in [3.05, 3.63) is 55.7 Å². The van der Waals surface area contributed by atoms with E-state index in [0.29, 0.717) is 10.2 Å². The van der Waals surface area contributed by atoms with Crippen molar-refractivity contribution in [2.75, 3.05) is 12.4 Å². The number of aromatic amines is 1. The average molecular weight is 409 g/mol. The number of thioether (sulfide) groups is 1. The van der Waals surface area contributed by atoms with Gasteiger partial charge < -0.3 is 9.30 Å². The molecular formula is C17H17ClN4O4S. The number of nitrogens with zero attached hydrogens (tertiary/aromatic N) is 3.